The summed E-state index contributed by atoms with van der Waals surface area (Å²) >= 11 is 0. The molecule has 0 amide bonds. The quantitative estimate of drug-likeness (QED) is 0.656. The Labute approximate surface area is 179 Å². The first-order valence-electron chi connectivity index (χ1n) is 10.1. The van der Waals surface area contributed by atoms with E-state index in [1.165, 1.54) is 0 Å². The smallest absolute Gasteiger partial charge is 0.198 e. The SMILES string of the molecule is CNC1=C(c2nc3ccccc3[nH]2)C(=O)[C@]2(CCOC2)N1c1cc(OC)cc(OC)c1. The fourth-order valence-corrected chi connectivity index (χ4v) is 4.50. The van der Waals surface area contributed by atoms with E-state index in [4.69, 9.17) is 19.2 Å². The second-order valence-corrected chi connectivity index (χ2v) is 7.65. The predicted octanol–water partition coefficient (Wildman–Crippen LogP) is 2.72. The highest BCUT2D eigenvalue weighted by Gasteiger charge is 2.56. The summed E-state index contributed by atoms with van der Waals surface area (Å²) in [6.45, 7) is 0.800. The Balaban J connectivity index is 1.74. The van der Waals surface area contributed by atoms with Crippen molar-refractivity contribution in [2.75, 3.05) is 39.4 Å². The van der Waals surface area contributed by atoms with Gasteiger partial charge < -0.3 is 29.4 Å². The molecule has 5 rings (SSSR count). The second kappa shape index (κ2) is 7.31. The number of imidazole rings is 1. The van der Waals surface area contributed by atoms with Crippen molar-refractivity contribution in [2.24, 2.45) is 0 Å². The van der Waals surface area contributed by atoms with E-state index in [-0.39, 0.29) is 5.78 Å². The molecule has 0 bridgehead atoms. The van der Waals surface area contributed by atoms with E-state index in [9.17, 15) is 4.79 Å². The van der Waals surface area contributed by atoms with Gasteiger partial charge in [-0.1, -0.05) is 12.1 Å². The van der Waals surface area contributed by atoms with E-state index >= 15 is 0 Å². The maximum atomic E-state index is 13.9. The number of rotatable bonds is 5. The number of ketones is 1. The van der Waals surface area contributed by atoms with Crippen LogP contribution < -0.4 is 19.7 Å². The van der Waals surface area contributed by atoms with Gasteiger partial charge in [-0.15, -0.1) is 0 Å². The molecule has 8 heteroatoms. The summed E-state index contributed by atoms with van der Waals surface area (Å²) in [7, 11) is 5.03. The van der Waals surface area contributed by atoms with Gasteiger partial charge >= 0.3 is 0 Å². The monoisotopic (exact) mass is 420 g/mol. The van der Waals surface area contributed by atoms with Crippen molar-refractivity contribution in [3.63, 3.8) is 0 Å². The molecule has 2 aromatic carbocycles. The van der Waals surface area contributed by atoms with Crippen LogP contribution in [0.4, 0.5) is 5.69 Å². The normalized spacial score (nSPS) is 20.9. The van der Waals surface area contributed by atoms with Crippen LogP contribution in [0.1, 0.15) is 12.2 Å². The van der Waals surface area contributed by atoms with Crippen LogP contribution in [0.3, 0.4) is 0 Å². The number of carbonyl (C=O) groups excluding carboxylic acids is 1. The average molecular weight is 420 g/mol. The molecule has 0 aliphatic carbocycles. The molecule has 2 aliphatic heterocycles. The topological polar surface area (TPSA) is 88.7 Å². The van der Waals surface area contributed by atoms with Gasteiger partial charge in [-0.25, -0.2) is 4.98 Å². The Morgan fingerprint density at radius 1 is 1.16 bits per heavy atom. The Kier molecular flexibility index (Phi) is 4.59. The fraction of sp³-hybridized carbons (Fsp3) is 0.304. The fourth-order valence-electron chi connectivity index (χ4n) is 4.50. The zero-order valence-corrected chi connectivity index (χ0v) is 17.7. The maximum Gasteiger partial charge on any atom is 0.198 e. The number of fused-ring (bicyclic) bond motifs is 1. The maximum absolute atomic E-state index is 13.9. The number of nitrogens with zero attached hydrogens (tertiary/aromatic N) is 2. The van der Waals surface area contributed by atoms with Gasteiger partial charge in [0.05, 0.1) is 37.5 Å². The minimum absolute atomic E-state index is 0.0183. The highest BCUT2D eigenvalue weighted by atomic mass is 16.5. The third-order valence-electron chi connectivity index (χ3n) is 6.00. The number of benzene rings is 2. The van der Waals surface area contributed by atoms with Crippen molar-refractivity contribution < 1.29 is 19.0 Å². The first-order chi connectivity index (χ1) is 15.1. The van der Waals surface area contributed by atoms with E-state index in [0.717, 1.165) is 16.7 Å². The molecule has 1 spiro atoms. The molecule has 8 nitrogen and oxygen atoms in total. The summed E-state index contributed by atoms with van der Waals surface area (Å²) in [4.78, 5) is 23.9. The number of anilines is 1. The number of aromatic nitrogens is 2. The van der Waals surface area contributed by atoms with Crippen molar-refractivity contribution in [1.29, 1.82) is 0 Å². The number of methoxy groups -OCH3 is 2. The first kappa shape index (κ1) is 19.4. The molecule has 2 N–H and O–H groups in total. The minimum atomic E-state index is -0.857. The number of aromatic amines is 1. The lowest BCUT2D eigenvalue weighted by Gasteiger charge is -2.36. The molecule has 0 radical (unpaired) electrons. The van der Waals surface area contributed by atoms with Crippen molar-refractivity contribution in [3.8, 4) is 11.5 Å². The minimum Gasteiger partial charge on any atom is -0.497 e. The summed E-state index contributed by atoms with van der Waals surface area (Å²) in [6, 6.07) is 13.3. The molecule has 1 atom stereocenters. The summed E-state index contributed by atoms with van der Waals surface area (Å²) < 4.78 is 16.7. The van der Waals surface area contributed by atoms with Crippen LogP contribution in [0.15, 0.2) is 48.3 Å². The largest absolute Gasteiger partial charge is 0.497 e. The van der Waals surface area contributed by atoms with Gasteiger partial charge in [0.25, 0.3) is 0 Å². The number of Topliss-reactive ketones (excluding diaryl/α,β-unsaturated/α-hetero) is 1. The van der Waals surface area contributed by atoms with Crippen LogP contribution in [0.25, 0.3) is 16.6 Å². The molecule has 3 aromatic rings. The molecular formula is C23H24N4O4. The number of ether oxygens (including phenoxy) is 3. The van der Waals surface area contributed by atoms with Crippen molar-refractivity contribution in [3.05, 3.63) is 54.1 Å². The van der Waals surface area contributed by atoms with Crippen molar-refractivity contribution >= 4 is 28.1 Å². The number of H-pyrrole nitrogens is 1. The molecule has 1 saturated heterocycles. The molecular weight excluding hydrogens is 396 g/mol. The van der Waals surface area contributed by atoms with Gasteiger partial charge in [0.15, 0.2) is 5.78 Å². The Hall–Kier alpha value is -3.52. The number of carbonyl (C=O) groups is 1. The van der Waals surface area contributed by atoms with Crippen molar-refractivity contribution in [1.82, 2.24) is 15.3 Å². The molecule has 2 aliphatic rings. The van der Waals surface area contributed by atoms with E-state index in [2.05, 4.69) is 10.3 Å². The third-order valence-corrected chi connectivity index (χ3v) is 6.00. The molecule has 3 heterocycles. The van der Waals surface area contributed by atoms with Crippen LogP contribution >= 0.6 is 0 Å². The van der Waals surface area contributed by atoms with E-state index in [0.29, 0.717) is 48.4 Å². The van der Waals surface area contributed by atoms with Gasteiger partial charge in [0.2, 0.25) is 0 Å². The third kappa shape index (κ3) is 2.86. The molecule has 160 valence electrons. The number of nitrogens with one attached hydrogen (secondary N) is 2. The van der Waals surface area contributed by atoms with Gasteiger partial charge in [-0.05, 0) is 12.1 Å². The average Bonchev–Trinajstić information content (AvgIpc) is 3.50. The summed E-state index contributed by atoms with van der Waals surface area (Å²) in [5, 5.41) is 3.25. The predicted molar refractivity (Wildman–Crippen MR) is 117 cm³/mol. The lowest BCUT2D eigenvalue weighted by Crippen LogP contribution is -2.51. The molecule has 0 unspecified atom stereocenters. The summed E-state index contributed by atoms with van der Waals surface area (Å²) in [5.41, 5.74) is 2.14. The van der Waals surface area contributed by atoms with Crippen molar-refractivity contribution in [2.45, 2.75) is 12.0 Å². The molecule has 0 saturated carbocycles. The van der Waals surface area contributed by atoms with Gasteiger partial charge in [-0.2, -0.15) is 0 Å². The van der Waals surface area contributed by atoms with Crippen LogP contribution in [0.2, 0.25) is 0 Å². The number of para-hydroxylation sites is 2. The second-order valence-electron chi connectivity index (χ2n) is 7.65. The number of hydrogen-bond acceptors (Lipinski definition) is 7. The van der Waals surface area contributed by atoms with Crippen LogP contribution in [0, 0.1) is 0 Å². The summed E-state index contributed by atoms with van der Waals surface area (Å²) in [6.07, 6.45) is 0.570. The van der Waals surface area contributed by atoms with Crippen LogP contribution in [-0.2, 0) is 9.53 Å². The van der Waals surface area contributed by atoms with E-state index in [1.54, 1.807) is 14.2 Å². The van der Waals surface area contributed by atoms with Gasteiger partial charge in [-0.3, -0.25) is 4.79 Å². The zero-order valence-electron chi connectivity index (χ0n) is 17.7. The summed E-state index contributed by atoms with van der Waals surface area (Å²) in [5.74, 6) is 2.48. The Morgan fingerprint density at radius 2 is 1.90 bits per heavy atom. The highest BCUT2D eigenvalue weighted by Crippen LogP contribution is 2.46. The Morgan fingerprint density at radius 3 is 2.52 bits per heavy atom. The zero-order chi connectivity index (χ0) is 21.6. The number of hydrogen-bond donors (Lipinski definition) is 2. The van der Waals surface area contributed by atoms with E-state index < -0.39 is 5.54 Å². The van der Waals surface area contributed by atoms with E-state index in [1.807, 2.05) is 54.4 Å². The van der Waals surface area contributed by atoms with Crippen LogP contribution in [0.5, 0.6) is 11.5 Å². The van der Waals surface area contributed by atoms with Crippen LogP contribution in [-0.4, -0.2) is 55.8 Å². The molecule has 31 heavy (non-hydrogen) atoms. The molecule has 1 aromatic heterocycles. The lowest BCUT2D eigenvalue weighted by atomic mass is 9.90. The Bertz CT molecular complexity index is 1140. The molecule has 1 fully saturated rings. The standard InChI is InChI=1S/C23H24N4O4/c1-24-22-19(21-25-17-6-4-5-7-18(17)26-21)20(28)23(8-9-31-13-23)27(22)14-10-15(29-2)12-16(11-14)30-3/h4-7,10-12,24H,8-9,13H2,1-3H3,(H,25,26)/t23-/m1/s1. The van der Waals surface area contributed by atoms with Gasteiger partial charge in [0, 0.05) is 38.3 Å². The first-order valence-corrected chi connectivity index (χ1v) is 10.1. The highest BCUT2D eigenvalue weighted by molar-refractivity contribution is 6.30. The van der Waals surface area contributed by atoms with Gasteiger partial charge in [0.1, 0.15) is 34.3 Å². The lowest BCUT2D eigenvalue weighted by molar-refractivity contribution is -0.117.